The summed E-state index contributed by atoms with van der Waals surface area (Å²) in [5, 5.41) is 6.41. The van der Waals surface area contributed by atoms with Crippen LogP contribution in [0.1, 0.15) is 18.1 Å². The molecule has 0 fully saturated rings. The molecule has 0 radical (unpaired) electrons. The van der Waals surface area contributed by atoms with Gasteiger partial charge in [-0.2, -0.15) is 4.98 Å². The van der Waals surface area contributed by atoms with E-state index in [9.17, 15) is 4.79 Å². The molecule has 1 amide bonds. The first-order valence-corrected chi connectivity index (χ1v) is 9.99. The van der Waals surface area contributed by atoms with Crippen LogP contribution in [0.25, 0.3) is 0 Å². The Morgan fingerprint density at radius 2 is 1.68 bits per heavy atom. The maximum absolute atomic E-state index is 12.2. The van der Waals surface area contributed by atoms with E-state index >= 15 is 0 Å². The van der Waals surface area contributed by atoms with Gasteiger partial charge in [0.1, 0.15) is 20.3 Å². The lowest BCUT2D eigenvalue weighted by molar-refractivity contribution is -0.114. The van der Waals surface area contributed by atoms with Crippen LogP contribution in [0.3, 0.4) is 0 Å². The first-order chi connectivity index (χ1) is 15.2. The summed E-state index contributed by atoms with van der Waals surface area (Å²) in [6.45, 7) is 4.70. The van der Waals surface area contributed by atoms with Crippen molar-refractivity contribution in [1.29, 1.82) is 0 Å². The fraction of sp³-hybridized carbons (Fsp3) is 0.409. The molecule has 1 N–H and O–H groups in total. The van der Waals surface area contributed by atoms with Gasteiger partial charge in [-0.05, 0) is 12.5 Å². The molecule has 0 saturated heterocycles. The predicted octanol–water partition coefficient (Wildman–Crippen LogP) is 2.19. The number of carbonyl (C=O) groups excluding carboxylic acids is 1. The van der Waals surface area contributed by atoms with Crippen LogP contribution in [0.4, 0.5) is 0 Å². The molecule has 0 unspecified atom stereocenters. The summed E-state index contributed by atoms with van der Waals surface area (Å²) in [5.41, 5.74) is 1.54. The number of nitrogens with one attached hydrogen (secondary N) is 1. The summed E-state index contributed by atoms with van der Waals surface area (Å²) in [6.07, 6.45) is 0. The summed E-state index contributed by atoms with van der Waals surface area (Å²) < 4.78 is 22.0. The smallest absolute Gasteiger partial charge is 0.273 e. The van der Waals surface area contributed by atoms with Gasteiger partial charge in [0.25, 0.3) is 5.91 Å². The van der Waals surface area contributed by atoms with E-state index in [-0.39, 0.29) is 18.2 Å². The first-order valence-electron chi connectivity index (χ1n) is 9.99. The quantitative estimate of drug-likeness (QED) is 0.278. The van der Waals surface area contributed by atoms with Crippen molar-refractivity contribution < 1.29 is 28.6 Å². The molecule has 2 aromatic rings. The SMILES string of the molecule is CCOCCOCCOc1cccc(OCc2ccccc2C(=NOC)C(=O)NC)n1. The molecule has 31 heavy (non-hydrogen) atoms. The average Bonchev–Trinajstić information content (AvgIpc) is 2.81. The van der Waals surface area contributed by atoms with Crippen molar-refractivity contribution in [1.82, 2.24) is 10.3 Å². The molecule has 0 aliphatic heterocycles. The maximum atomic E-state index is 12.2. The highest BCUT2D eigenvalue weighted by Crippen LogP contribution is 2.17. The summed E-state index contributed by atoms with van der Waals surface area (Å²) in [5.74, 6) is 0.479. The lowest BCUT2D eigenvalue weighted by Crippen LogP contribution is -2.29. The van der Waals surface area contributed by atoms with E-state index in [4.69, 9.17) is 23.8 Å². The maximum Gasteiger partial charge on any atom is 0.273 e. The first kappa shape index (κ1) is 24.1. The van der Waals surface area contributed by atoms with Crippen molar-refractivity contribution in [3.8, 4) is 11.8 Å². The summed E-state index contributed by atoms with van der Waals surface area (Å²) in [6, 6.07) is 12.6. The van der Waals surface area contributed by atoms with E-state index in [1.807, 2.05) is 25.1 Å². The van der Waals surface area contributed by atoms with Gasteiger partial charge < -0.3 is 29.1 Å². The second-order valence-corrected chi connectivity index (χ2v) is 6.12. The van der Waals surface area contributed by atoms with Gasteiger partial charge in [-0.1, -0.05) is 35.5 Å². The lowest BCUT2D eigenvalue weighted by atomic mass is 10.0. The fourth-order valence-electron chi connectivity index (χ4n) is 2.58. The highest BCUT2D eigenvalue weighted by atomic mass is 16.6. The molecule has 1 aromatic heterocycles. The van der Waals surface area contributed by atoms with Gasteiger partial charge in [0, 0.05) is 31.4 Å². The van der Waals surface area contributed by atoms with E-state index in [0.717, 1.165) is 5.56 Å². The van der Waals surface area contributed by atoms with Crippen molar-refractivity contribution in [2.75, 3.05) is 47.2 Å². The van der Waals surface area contributed by atoms with Gasteiger partial charge in [0.2, 0.25) is 11.8 Å². The van der Waals surface area contributed by atoms with Crippen molar-refractivity contribution in [3.05, 3.63) is 53.6 Å². The van der Waals surface area contributed by atoms with E-state index < -0.39 is 0 Å². The molecule has 0 spiro atoms. The van der Waals surface area contributed by atoms with Crippen LogP contribution in [-0.4, -0.2) is 63.8 Å². The van der Waals surface area contributed by atoms with E-state index in [1.165, 1.54) is 14.2 Å². The Hall–Kier alpha value is -3.17. The Bertz CT molecular complexity index is 844. The number of hydrogen-bond acceptors (Lipinski definition) is 8. The minimum absolute atomic E-state index is 0.165. The van der Waals surface area contributed by atoms with Gasteiger partial charge in [-0.3, -0.25) is 4.79 Å². The highest BCUT2D eigenvalue weighted by molar-refractivity contribution is 6.45. The zero-order valence-corrected chi connectivity index (χ0v) is 18.1. The van der Waals surface area contributed by atoms with E-state index in [1.54, 1.807) is 24.3 Å². The molecule has 0 atom stereocenters. The van der Waals surface area contributed by atoms with Crippen LogP contribution in [0.5, 0.6) is 11.8 Å². The molecule has 1 aromatic carbocycles. The van der Waals surface area contributed by atoms with Crippen LogP contribution in [0, 0.1) is 0 Å². The number of oxime groups is 1. The van der Waals surface area contributed by atoms with Crippen molar-refractivity contribution in [2.24, 2.45) is 5.16 Å². The number of hydrogen-bond donors (Lipinski definition) is 1. The second kappa shape index (κ2) is 13.9. The fourth-order valence-corrected chi connectivity index (χ4v) is 2.58. The molecule has 9 heteroatoms. The van der Waals surface area contributed by atoms with Gasteiger partial charge in [0.05, 0.1) is 19.8 Å². The molecule has 0 bridgehead atoms. The number of ether oxygens (including phenoxy) is 4. The molecule has 0 aliphatic rings. The number of nitrogens with zero attached hydrogens (tertiary/aromatic N) is 2. The number of rotatable bonds is 14. The van der Waals surface area contributed by atoms with Crippen molar-refractivity contribution >= 4 is 11.6 Å². The van der Waals surface area contributed by atoms with Crippen LogP contribution < -0.4 is 14.8 Å². The van der Waals surface area contributed by atoms with Crippen LogP contribution in [0.2, 0.25) is 0 Å². The van der Waals surface area contributed by atoms with Crippen LogP contribution in [-0.2, 0) is 25.7 Å². The summed E-state index contributed by atoms with van der Waals surface area (Å²) >= 11 is 0. The average molecular weight is 431 g/mol. The van der Waals surface area contributed by atoms with Crippen LogP contribution >= 0.6 is 0 Å². The van der Waals surface area contributed by atoms with Gasteiger partial charge in [0.15, 0.2) is 5.71 Å². The normalized spacial score (nSPS) is 11.1. The Kier molecular flexibility index (Phi) is 10.8. The third kappa shape index (κ3) is 8.23. The molecular weight excluding hydrogens is 402 g/mol. The second-order valence-electron chi connectivity index (χ2n) is 6.12. The molecule has 0 aliphatic carbocycles. The molecule has 2 rings (SSSR count). The summed E-state index contributed by atoms with van der Waals surface area (Å²) in [4.78, 5) is 21.3. The van der Waals surface area contributed by atoms with E-state index in [2.05, 4.69) is 15.5 Å². The Balaban J connectivity index is 1.94. The third-order valence-electron chi connectivity index (χ3n) is 4.02. The van der Waals surface area contributed by atoms with E-state index in [0.29, 0.717) is 50.4 Å². The number of carbonyl (C=O) groups is 1. The monoisotopic (exact) mass is 431 g/mol. The van der Waals surface area contributed by atoms with Crippen LogP contribution in [0.15, 0.2) is 47.6 Å². The van der Waals surface area contributed by atoms with Crippen molar-refractivity contribution in [3.63, 3.8) is 0 Å². The minimum Gasteiger partial charge on any atom is -0.475 e. The Labute approximate surface area is 182 Å². The van der Waals surface area contributed by atoms with Crippen molar-refractivity contribution in [2.45, 2.75) is 13.5 Å². The molecular formula is C22H29N3O6. The standard InChI is InChI=1S/C22H29N3O6/c1-4-28-12-13-29-14-15-30-19-10-7-11-20(24-19)31-16-17-8-5-6-9-18(17)21(25-27-3)22(26)23-2/h5-11H,4,12-16H2,1-3H3,(H,23,26). The minimum atomic E-state index is -0.355. The molecule has 9 nitrogen and oxygen atoms in total. The Morgan fingerprint density at radius 3 is 2.42 bits per heavy atom. The largest absolute Gasteiger partial charge is 0.475 e. The zero-order valence-electron chi connectivity index (χ0n) is 18.1. The number of pyridine rings is 1. The highest BCUT2D eigenvalue weighted by Gasteiger charge is 2.17. The number of amides is 1. The van der Waals surface area contributed by atoms with Gasteiger partial charge in [-0.25, -0.2) is 0 Å². The molecule has 0 saturated carbocycles. The number of aromatic nitrogens is 1. The van der Waals surface area contributed by atoms with Gasteiger partial charge in [-0.15, -0.1) is 0 Å². The zero-order chi connectivity index (χ0) is 22.3. The number of likely N-dealkylation sites (N-methyl/N-ethyl adjacent to an activating group) is 1. The molecule has 1 heterocycles. The third-order valence-corrected chi connectivity index (χ3v) is 4.02. The lowest BCUT2D eigenvalue weighted by Gasteiger charge is -2.12. The van der Waals surface area contributed by atoms with Gasteiger partial charge >= 0.3 is 0 Å². The Morgan fingerprint density at radius 1 is 0.968 bits per heavy atom. The summed E-state index contributed by atoms with van der Waals surface area (Å²) in [7, 11) is 2.92. The number of benzene rings is 1. The topological polar surface area (TPSA) is 101 Å². The predicted molar refractivity (Wildman–Crippen MR) is 115 cm³/mol. The molecule has 168 valence electrons.